The lowest BCUT2D eigenvalue weighted by molar-refractivity contribution is 0.0620. The summed E-state index contributed by atoms with van der Waals surface area (Å²) in [5.74, 6) is 0.721. The van der Waals surface area contributed by atoms with Crippen LogP contribution in [0.25, 0.3) is 10.9 Å². The van der Waals surface area contributed by atoms with Crippen LogP contribution >= 0.6 is 0 Å². The number of aromatic amines is 1. The van der Waals surface area contributed by atoms with Gasteiger partial charge in [-0.1, -0.05) is 6.07 Å². The van der Waals surface area contributed by atoms with Crippen molar-refractivity contribution in [1.82, 2.24) is 15.2 Å². The predicted molar refractivity (Wildman–Crippen MR) is 78.7 cm³/mol. The highest BCUT2D eigenvalue weighted by molar-refractivity contribution is 5.98. The zero-order valence-electron chi connectivity index (χ0n) is 11.4. The van der Waals surface area contributed by atoms with Gasteiger partial charge in [-0.3, -0.25) is 4.79 Å². The second kappa shape index (κ2) is 4.63. The summed E-state index contributed by atoms with van der Waals surface area (Å²) < 4.78 is 0. The average Bonchev–Trinajstić information content (AvgIpc) is 2.96. The van der Waals surface area contributed by atoms with Crippen LogP contribution < -0.4 is 5.32 Å². The van der Waals surface area contributed by atoms with Crippen LogP contribution in [0.5, 0.6) is 0 Å². The molecule has 4 heteroatoms. The van der Waals surface area contributed by atoms with Gasteiger partial charge in [0, 0.05) is 29.9 Å². The number of hydrogen-bond donors (Lipinski definition) is 2. The Hall–Kier alpha value is -1.81. The van der Waals surface area contributed by atoms with Gasteiger partial charge in [0.1, 0.15) is 0 Å². The predicted octanol–water partition coefficient (Wildman–Crippen LogP) is 1.99. The van der Waals surface area contributed by atoms with E-state index in [1.807, 2.05) is 30.5 Å². The van der Waals surface area contributed by atoms with E-state index in [0.717, 1.165) is 23.0 Å². The van der Waals surface area contributed by atoms with Crippen molar-refractivity contribution in [2.75, 3.05) is 19.6 Å². The molecule has 20 heavy (non-hydrogen) atoms. The lowest BCUT2D eigenvalue weighted by atomic mass is 9.84. The first-order chi connectivity index (χ1) is 9.79. The van der Waals surface area contributed by atoms with E-state index < -0.39 is 0 Å². The first-order valence-corrected chi connectivity index (χ1v) is 7.40. The minimum atomic E-state index is 0.0558. The number of carbonyl (C=O) groups is 1. The Kier molecular flexibility index (Phi) is 2.77. The molecule has 4 heterocycles. The molecular weight excluding hydrogens is 250 g/mol. The van der Waals surface area contributed by atoms with Gasteiger partial charge in [-0.15, -0.1) is 0 Å². The molecule has 3 saturated heterocycles. The molecule has 2 N–H and O–H groups in total. The number of nitrogens with one attached hydrogen (secondary N) is 2. The maximum absolute atomic E-state index is 12.4. The normalized spacial score (nSPS) is 28.7. The molecule has 1 aromatic carbocycles. The molecule has 5 rings (SSSR count). The van der Waals surface area contributed by atoms with E-state index in [2.05, 4.69) is 15.2 Å². The molecule has 3 aliphatic heterocycles. The Bertz CT molecular complexity index is 640. The maximum Gasteiger partial charge on any atom is 0.251 e. The Balaban J connectivity index is 1.52. The molecule has 0 radical (unpaired) electrons. The van der Waals surface area contributed by atoms with Gasteiger partial charge in [-0.2, -0.15) is 0 Å². The lowest BCUT2D eigenvalue weighted by Crippen LogP contribution is -2.57. The molecule has 2 aromatic rings. The summed E-state index contributed by atoms with van der Waals surface area (Å²) in [6.07, 6.45) is 4.35. The number of benzene rings is 1. The van der Waals surface area contributed by atoms with Crippen molar-refractivity contribution in [3.8, 4) is 0 Å². The summed E-state index contributed by atoms with van der Waals surface area (Å²) in [7, 11) is 0. The Labute approximate surface area is 118 Å². The minimum absolute atomic E-state index is 0.0558. The summed E-state index contributed by atoms with van der Waals surface area (Å²) in [6, 6.07) is 8.19. The third kappa shape index (κ3) is 2.00. The second-order valence-corrected chi connectivity index (χ2v) is 6.00. The molecule has 104 valence electrons. The molecule has 0 unspecified atom stereocenters. The van der Waals surface area contributed by atoms with E-state index >= 15 is 0 Å². The van der Waals surface area contributed by atoms with Crippen LogP contribution in [0.1, 0.15) is 23.2 Å². The van der Waals surface area contributed by atoms with Crippen LogP contribution in [0, 0.1) is 5.92 Å². The van der Waals surface area contributed by atoms with Crippen molar-refractivity contribution < 1.29 is 4.79 Å². The molecule has 4 nitrogen and oxygen atoms in total. The van der Waals surface area contributed by atoms with Crippen molar-refractivity contribution >= 4 is 16.8 Å². The molecule has 3 aliphatic rings. The van der Waals surface area contributed by atoms with Gasteiger partial charge in [0.15, 0.2) is 0 Å². The van der Waals surface area contributed by atoms with Crippen LogP contribution in [0.15, 0.2) is 30.5 Å². The first-order valence-electron chi connectivity index (χ1n) is 7.40. The summed E-state index contributed by atoms with van der Waals surface area (Å²) in [5.41, 5.74) is 1.77. The Morgan fingerprint density at radius 3 is 2.85 bits per heavy atom. The molecule has 0 saturated carbocycles. The largest absolute Gasteiger partial charge is 0.361 e. The van der Waals surface area contributed by atoms with Crippen molar-refractivity contribution in [1.29, 1.82) is 0 Å². The van der Waals surface area contributed by atoms with Crippen molar-refractivity contribution in [2.24, 2.45) is 5.92 Å². The Morgan fingerprint density at radius 2 is 2.10 bits per heavy atom. The van der Waals surface area contributed by atoms with Gasteiger partial charge in [-0.05, 0) is 55.4 Å². The van der Waals surface area contributed by atoms with E-state index in [0.29, 0.717) is 12.0 Å². The van der Waals surface area contributed by atoms with Gasteiger partial charge >= 0.3 is 0 Å². The van der Waals surface area contributed by atoms with Crippen molar-refractivity contribution in [3.63, 3.8) is 0 Å². The van der Waals surface area contributed by atoms with E-state index in [-0.39, 0.29) is 5.91 Å². The zero-order valence-corrected chi connectivity index (χ0v) is 11.4. The molecule has 2 bridgehead atoms. The van der Waals surface area contributed by atoms with E-state index in [1.54, 1.807) is 0 Å². The average molecular weight is 269 g/mol. The SMILES string of the molecule is O=C(N[C@H]1CN2CCC1CC2)c1ccc2cc[nH]c2c1. The van der Waals surface area contributed by atoms with Crippen molar-refractivity contribution in [2.45, 2.75) is 18.9 Å². The highest BCUT2D eigenvalue weighted by Crippen LogP contribution is 2.27. The number of carbonyl (C=O) groups excluding carboxylic acids is 1. The van der Waals surface area contributed by atoms with Crippen molar-refractivity contribution in [3.05, 3.63) is 36.0 Å². The van der Waals surface area contributed by atoms with Crippen LogP contribution in [-0.2, 0) is 0 Å². The van der Waals surface area contributed by atoms with Gasteiger partial charge in [0.2, 0.25) is 0 Å². The second-order valence-electron chi connectivity index (χ2n) is 6.00. The molecule has 3 fully saturated rings. The maximum atomic E-state index is 12.4. The molecule has 1 amide bonds. The zero-order chi connectivity index (χ0) is 13.5. The topological polar surface area (TPSA) is 48.1 Å². The fourth-order valence-corrected chi connectivity index (χ4v) is 3.57. The molecular formula is C16H19N3O. The van der Waals surface area contributed by atoms with Gasteiger partial charge < -0.3 is 15.2 Å². The monoisotopic (exact) mass is 269 g/mol. The first kappa shape index (κ1) is 12.0. The highest BCUT2D eigenvalue weighted by atomic mass is 16.1. The van der Waals surface area contributed by atoms with E-state index in [1.165, 1.54) is 25.9 Å². The standard InChI is InChI=1S/C16H19N3O/c20-16(13-2-1-11-3-6-17-14(11)9-13)18-15-10-19-7-4-12(15)5-8-19/h1-3,6,9,12,15,17H,4-5,7-8,10H2,(H,18,20)/t15-/m0/s1. The van der Waals surface area contributed by atoms with Gasteiger partial charge in [-0.25, -0.2) is 0 Å². The third-order valence-electron chi connectivity index (χ3n) is 4.79. The number of H-pyrrole nitrogens is 1. The van der Waals surface area contributed by atoms with Gasteiger partial charge in [0.25, 0.3) is 5.91 Å². The number of hydrogen-bond acceptors (Lipinski definition) is 2. The number of fused-ring (bicyclic) bond motifs is 4. The number of piperidine rings is 3. The summed E-state index contributed by atoms with van der Waals surface area (Å²) in [5, 5.41) is 4.37. The molecule has 1 aromatic heterocycles. The number of amides is 1. The van der Waals surface area contributed by atoms with Crippen LogP contribution in [0.3, 0.4) is 0 Å². The van der Waals surface area contributed by atoms with Gasteiger partial charge in [0.05, 0.1) is 0 Å². The Morgan fingerprint density at radius 1 is 1.25 bits per heavy atom. The molecule has 1 atom stereocenters. The fraction of sp³-hybridized carbons (Fsp3) is 0.438. The van der Waals surface area contributed by atoms with Crippen LogP contribution in [0.2, 0.25) is 0 Å². The quantitative estimate of drug-likeness (QED) is 0.876. The van der Waals surface area contributed by atoms with Crippen LogP contribution in [0.4, 0.5) is 0 Å². The van der Waals surface area contributed by atoms with Crippen LogP contribution in [-0.4, -0.2) is 41.5 Å². The minimum Gasteiger partial charge on any atom is -0.361 e. The van der Waals surface area contributed by atoms with E-state index in [4.69, 9.17) is 0 Å². The summed E-state index contributed by atoms with van der Waals surface area (Å²) in [6.45, 7) is 3.41. The summed E-state index contributed by atoms with van der Waals surface area (Å²) >= 11 is 0. The number of rotatable bonds is 2. The third-order valence-corrected chi connectivity index (χ3v) is 4.79. The molecule has 0 aliphatic carbocycles. The summed E-state index contributed by atoms with van der Waals surface area (Å²) in [4.78, 5) is 18.0. The molecule has 0 spiro atoms. The van der Waals surface area contributed by atoms with E-state index in [9.17, 15) is 4.79 Å². The smallest absolute Gasteiger partial charge is 0.251 e. The lowest BCUT2D eigenvalue weighted by Gasteiger charge is -2.44. The number of nitrogens with zero attached hydrogens (tertiary/aromatic N) is 1. The number of aromatic nitrogens is 1. The fourth-order valence-electron chi connectivity index (χ4n) is 3.57. The highest BCUT2D eigenvalue weighted by Gasteiger charge is 2.34.